The van der Waals surface area contributed by atoms with E-state index >= 15 is 0 Å². The van der Waals surface area contributed by atoms with Crippen LogP contribution >= 0.6 is 0 Å². The topological polar surface area (TPSA) is 132 Å². The fourth-order valence-corrected chi connectivity index (χ4v) is 3.22. The predicted octanol–water partition coefficient (Wildman–Crippen LogP) is -2.49. The summed E-state index contributed by atoms with van der Waals surface area (Å²) in [5.74, 6) is -1.48. The number of amides is 1. The average Bonchev–Trinajstić information content (AvgIpc) is 2.48. The second kappa shape index (κ2) is 11.1. The molecule has 0 unspecified atom stereocenters. The number of rotatable bonds is 10. The van der Waals surface area contributed by atoms with Gasteiger partial charge < -0.3 is 9.94 Å². The molecule has 0 aromatic rings. The van der Waals surface area contributed by atoms with Gasteiger partial charge in [-0.2, -0.15) is 8.42 Å². The van der Waals surface area contributed by atoms with Crippen molar-refractivity contribution in [3.63, 3.8) is 0 Å². The first-order chi connectivity index (χ1) is 11.2. The Hall–Kier alpha value is -0.680. The Morgan fingerprint density at radius 2 is 1.84 bits per heavy atom. The number of aliphatic imine (C=N–C) groups is 1. The Labute approximate surface area is 170 Å². The van der Waals surface area contributed by atoms with Crippen LogP contribution in [0.5, 0.6) is 0 Å². The zero-order chi connectivity index (χ0) is 18.3. The van der Waals surface area contributed by atoms with Crippen molar-refractivity contribution in [3.8, 4) is 0 Å². The first-order valence-electron chi connectivity index (χ1n) is 7.94. The van der Waals surface area contributed by atoms with Gasteiger partial charge in [0.1, 0.15) is 12.6 Å². The predicted molar refractivity (Wildman–Crippen MR) is 86.9 cm³/mol. The van der Waals surface area contributed by atoms with Crippen molar-refractivity contribution in [1.29, 1.82) is 0 Å². The molecule has 25 heavy (non-hydrogen) atoms. The molecule has 1 rings (SSSR count). The maximum atomic E-state index is 11.7. The van der Waals surface area contributed by atoms with Crippen LogP contribution in [-0.4, -0.2) is 53.5 Å². The number of carbonyl (C=O) groups excluding carboxylic acids is 1. The van der Waals surface area contributed by atoms with Crippen molar-refractivity contribution in [2.75, 3.05) is 6.61 Å². The molecule has 0 aliphatic carbocycles. The van der Waals surface area contributed by atoms with Crippen LogP contribution in [0.2, 0.25) is 0 Å². The number of oxime groups is 1. The van der Waals surface area contributed by atoms with Crippen molar-refractivity contribution in [2.24, 2.45) is 10.1 Å². The van der Waals surface area contributed by atoms with Gasteiger partial charge in [0.25, 0.3) is 5.91 Å². The molecule has 1 heterocycles. The summed E-state index contributed by atoms with van der Waals surface area (Å²) in [7, 11) is -4.60. The largest absolute Gasteiger partial charge is 1.00 e. The zero-order valence-corrected chi connectivity index (χ0v) is 18.0. The second-order valence-electron chi connectivity index (χ2n) is 5.56. The summed E-state index contributed by atoms with van der Waals surface area (Å²) in [6.45, 7) is 5.51. The summed E-state index contributed by atoms with van der Waals surface area (Å²) in [6, 6.07) is -1.96. The molecule has 0 spiro atoms. The van der Waals surface area contributed by atoms with E-state index in [9.17, 15) is 18.3 Å². The molecule has 1 N–H and O–H groups in total. The Morgan fingerprint density at radius 3 is 2.28 bits per heavy atom. The van der Waals surface area contributed by atoms with E-state index in [1.54, 1.807) is 0 Å². The van der Waals surface area contributed by atoms with Crippen LogP contribution in [0.15, 0.2) is 10.1 Å². The third-order valence-corrected chi connectivity index (χ3v) is 4.52. The molecule has 0 aromatic heterocycles. The Balaban J connectivity index is 0.00000576. The summed E-state index contributed by atoms with van der Waals surface area (Å²) < 4.78 is 31.1. The quantitative estimate of drug-likeness (QED) is 0.0842. The van der Waals surface area contributed by atoms with Crippen LogP contribution < -0.4 is 34.7 Å². The van der Waals surface area contributed by atoms with Gasteiger partial charge in [-0.1, -0.05) is 31.8 Å². The van der Waals surface area contributed by atoms with Crippen LogP contribution in [0.4, 0.5) is 0 Å². The standard InChI is InChI=1S/C14H25N3O6S.Na/c1-4-6-11(7-5-2)16-23-9-8-12(18)15-13-10(3)17(14(13)19)24(20,21)22;/h10,13H,4-9H2,1-3H3,(H,15,18)(H,20,21,22);/q;+1/p-1/t10-,13-;/m0./s1. The van der Waals surface area contributed by atoms with Gasteiger partial charge in [0.2, 0.25) is 0 Å². The van der Waals surface area contributed by atoms with Crippen molar-refractivity contribution in [1.82, 2.24) is 4.31 Å². The van der Waals surface area contributed by atoms with Gasteiger partial charge in [0, 0.05) is 6.42 Å². The van der Waals surface area contributed by atoms with Crippen molar-refractivity contribution in [2.45, 2.75) is 65.0 Å². The number of nitrogens with zero attached hydrogens (tertiary/aromatic N) is 3. The maximum Gasteiger partial charge on any atom is 1.00 e. The molecule has 2 atom stereocenters. The first kappa shape index (κ1) is 24.3. The van der Waals surface area contributed by atoms with E-state index in [0.717, 1.165) is 31.4 Å². The van der Waals surface area contributed by atoms with Crippen LogP contribution in [0.3, 0.4) is 0 Å². The minimum atomic E-state index is -4.60. The van der Waals surface area contributed by atoms with Crippen molar-refractivity contribution in [3.05, 3.63) is 0 Å². The smallest absolute Gasteiger partial charge is 0.862 e. The molecule has 1 amide bonds. The molecule has 11 heteroatoms. The van der Waals surface area contributed by atoms with Gasteiger partial charge in [-0.05, 0) is 25.7 Å². The van der Waals surface area contributed by atoms with Gasteiger partial charge in [-0.3, -0.25) is 14.3 Å². The SMILES string of the molecule is CCCC(CCC)=NOCCC([O-])=N[C@@H]1C(=O)N(S(=O)(=O)O)[C@H]1C.[Na+]. The van der Waals surface area contributed by atoms with Gasteiger partial charge in [0.05, 0.1) is 11.8 Å². The minimum Gasteiger partial charge on any atom is -0.862 e. The van der Waals surface area contributed by atoms with Crippen LogP contribution in [0, 0.1) is 0 Å². The molecule has 1 saturated heterocycles. The Bertz CT molecular complexity index is 600. The second-order valence-corrected chi connectivity index (χ2v) is 6.85. The summed E-state index contributed by atoms with van der Waals surface area (Å²) in [6.07, 6.45) is 3.54. The van der Waals surface area contributed by atoms with Crippen LogP contribution in [0.1, 0.15) is 52.9 Å². The Morgan fingerprint density at radius 1 is 1.28 bits per heavy atom. The summed E-state index contributed by atoms with van der Waals surface area (Å²) in [5, 5.41) is 15.7. The van der Waals surface area contributed by atoms with Gasteiger partial charge in [-0.25, -0.2) is 4.31 Å². The average molecular weight is 385 g/mol. The van der Waals surface area contributed by atoms with E-state index in [1.807, 2.05) is 13.8 Å². The fourth-order valence-electron chi connectivity index (χ4n) is 2.35. The molecule has 138 valence electrons. The van der Waals surface area contributed by atoms with Gasteiger partial charge in [0.15, 0.2) is 0 Å². The zero-order valence-electron chi connectivity index (χ0n) is 15.1. The van der Waals surface area contributed by atoms with Gasteiger partial charge in [-0.15, -0.1) is 0 Å². The van der Waals surface area contributed by atoms with Crippen molar-refractivity contribution >= 4 is 27.8 Å². The third-order valence-electron chi connectivity index (χ3n) is 3.51. The van der Waals surface area contributed by atoms with E-state index in [2.05, 4.69) is 10.1 Å². The van der Waals surface area contributed by atoms with E-state index in [1.165, 1.54) is 6.92 Å². The van der Waals surface area contributed by atoms with Crippen LogP contribution in [0.25, 0.3) is 0 Å². The maximum absolute atomic E-state index is 11.7. The number of carbonyl (C=O) groups is 1. The summed E-state index contributed by atoms with van der Waals surface area (Å²) in [5.41, 5.74) is 0.941. The molecule has 0 radical (unpaired) electrons. The molecule has 0 bridgehead atoms. The molecule has 1 fully saturated rings. The van der Waals surface area contributed by atoms with Crippen LogP contribution in [-0.2, 0) is 19.9 Å². The summed E-state index contributed by atoms with van der Waals surface area (Å²) >= 11 is 0. The summed E-state index contributed by atoms with van der Waals surface area (Å²) in [4.78, 5) is 20.4. The molecule has 1 aliphatic rings. The van der Waals surface area contributed by atoms with E-state index < -0.39 is 34.2 Å². The number of hydrogen-bond donors (Lipinski definition) is 1. The minimum absolute atomic E-state index is 0. The Kier molecular flexibility index (Phi) is 10.8. The van der Waals surface area contributed by atoms with E-state index in [-0.39, 0.29) is 42.6 Å². The molecule has 0 saturated carbocycles. The first-order valence-corrected chi connectivity index (χ1v) is 9.34. The van der Waals surface area contributed by atoms with E-state index in [0.29, 0.717) is 4.31 Å². The molecule has 0 aromatic carbocycles. The third kappa shape index (κ3) is 7.22. The number of β-lactam (4-membered cyclic amide) rings is 1. The normalized spacial score (nSPS) is 20.6. The monoisotopic (exact) mass is 385 g/mol. The van der Waals surface area contributed by atoms with Crippen molar-refractivity contribution < 1.29 is 57.3 Å². The molecular weight excluding hydrogens is 361 g/mol. The number of hydrogen-bond acceptors (Lipinski definition) is 7. The fraction of sp³-hybridized carbons (Fsp3) is 0.786. The van der Waals surface area contributed by atoms with Gasteiger partial charge >= 0.3 is 39.9 Å². The molecule has 1 aliphatic heterocycles. The molecule has 9 nitrogen and oxygen atoms in total. The molecular formula is C14H24N3NaO6S. The van der Waals surface area contributed by atoms with E-state index in [4.69, 9.17) is 9.39 Å².